The third-order valence-electron chi connectivity index (χ3n) is 2.39. The molecule has 18 heavy (non-hydrogen) atoms. The van der Waals surface area contributed by atoms with Crippen LogP contribution in [-0.2, 0) is 16.1 Å². The van der Waals surface area contributed by atoms with Gasteiger partial charge in [-0.2, -0.15) is 0 Å². The van der Waals surface area contributed by atoms with Gasteiger partial charge in [0.05, 0.1) is 6.04 Å². The highest BCUT2D eigenvalue weighted by Crippen LogP contribution is 2.02. The van der Waals surface area contributed by atoms with Gasteiger partial charge in [0.25, 0.3) is 0 Å². The maximum Gasteiger partial charge on any atom is 0.303 e. The van der Waals surface area contributed by atoms with Crippen LogP contribution < -0.4 is 11.1 Å². The Morgan fingerprint density at radius 2 is 1.94 bits per heavy atom. The van der Waals surface area contributed by atoms with E-state index in [2.05, 4.69) is 5.32 Å². The largest absolute Gasteiger partial charge is 0.481 e. The molecule has 1 amide bonds. The summed E-state index contributed by atoms with van der Waals surface area (Å²) in [6, 6.07) is 4.86. The average molecular weight is 254 g/mol. The highest BCUT2D eigenvalue weighted by molar-refractivity contribution is 5.82. The Labute approximate surface area is 104 Å². The van der Waals surface area contributed by atoms with Gasteiger partial charge in [-0.3, -0.25) is 9.59 Å². The van der Waals surface area contributed by atoms with Crippen molar-refractivity contribution in [2.45, 2.75) is 25.4 Å². The van der Waals surface area contributed by atoms with Gasteiger partial charge in [-0.05, 0) is 24.1 Å². The lowest BCUT2D eigenvalue weighted by Crippen LogP contribution is -2.40. The van der Waals surface area contributed by atoms with Crippen LogP contribution in [0.3, 0.4) is 0 Å². The Hall–Kier alpha value is -1.95. The van der Waals surface area contributed by atoms with E-state index in [9.17, 15) is 14.0 Å². The van der Waals surface area contributed by atoms with Gasteiger partial charge in [-0.25, -0.2) is 4.39 Å². The van der Waals surface area contributed by atoms with Gasteiger partial charge < -0.3 is 16.2 Å². The van der Waals surface area contributed by atoms with E-state index in [-0.39, 0.29) is 25.2 Å². The predicted octanol–water partition coefficient (Wildman–Crippen LogP) is 0.634. The van der Waals surface area contributed by atoms with Crippen LogP contribution in [0, 0.1) is 5.82 Å². The highest BCUT2D eigenvalue weighted by Gasteiger charge is 2.14. The normalized spacial score (nSPS) is 11.9. The zero-order valence-corrected chi connectivity index (χ0v) is 9.73. The molecule has 4 N–H and O–H groups in total. The number of rotatable bonds is 6. The van der Waals surface area contributed by atoms with E-state index < -0.39 is 17.9 Å². The number of aliphatic carboxylic acids is 1. The van der Waals surface area contributed by atoms with E-state index in [1.807, 2.05) is 0 Å². The summed E-state index contributed by atoms with van der Waals surface area (Å²) in [5.41, 5.74) is 6.26. The van der Waals surface area contributed by atoms with Gasteiger partial charge in [0.15, 0.2) is 0 Å². The summed E-state index contributed by atoms with van der Waals surface area (Å²) in [6.45, 7) is 0.236. The minimum absolute atomic E-state index is 0.0879. The molecule has 0 heterocycles. The number of carbonyl (C=O) groups excluding carboxylic acids is 1. The number of halogens is 1. The molecule has 0 saturated carbocycles. The third-order valence-corrected chi connectivity index (χ3v) is 2.39. The molecule has 1 atom stereocenters. The molecule has 0 saturated heterocycles. The summed E-state index contributed by atoms with van der Waals surface area (Å²) in [5, 5.41) is 11.0. The van der Waals surface area contributed by atoms with Crippen molar-refractivity contribution in [3.8, 4) is 0 Å². The van der Waals surface area contributed by atoms with Gasteiger partial charge in [0.2, 0.25) is 5.91 Å². The summed E-state index contributed by atoms with van der Waals surface area (Å²) < 4.78 is 12.6. The first-order chi connectivity index (χ1) is 8.49. The van der Waals surface area contributed by atoms with Gasteiger partial charge in [0.1, 0.15) is 5.82 Å². The lowest BCUT2D eigenvalue weighted by molar-refractivity contribution is -0.137. The Balaban J connectivity index is 2.36. The van der Waals surface area contributed by atoms with Gasteiger partial charge in [-0.1, -0.05) is 12.1 Å². The Bertz CT molecular complexity index is 420. The molecule has 1 aromatic rings. The van der Waals surface area contributed by atoms with Crippen LogP contribution in [0.25, 0.3) is 0 Å². The number of hydrogen-bond acceptors (Lipinski definition) is 3. The van der Waals surface area contributed by atoms with Crippen LogP contribution in [0.2, 0.25) is 0 Å². The Kier molecular flexibility index (Phi) is 5.26. The number of amides is 1. The molecule has 0 aliphatic carbocycles. The molecule has 0 spiro atoms. The van der Waals surface area contributed by atoms with Crippen LogP contribution in [0.15, 0.2) is 24.3 Å². The molecule has 1 unspecified atom stereocenters. The van der Waals surface area contributed by atoms with Crippen molar-refractivity contribution >= 4 is 11.9 Å². The fourth-order valence-electron chi connectivity index (χ4n) is 1.33. The molecule has 0 aromatic heterocycles. The van der Waals surface area contributed by atoms with Crippen LogP contribution >= 0.6 is 0 Å². The number of carboxylic acids is 1. The van der Waals surface area contributed by atoms with E-state index in [1.54, 1.807) is 12.1 Å². The molecule has 5 nitrogen and oxygen atoms in total. The second-order valence-corrected chi connectivity index (χ2v) is 3.88. The molecule has 0 aliphatic rings. The third kappa shape index (κ3) is 4.92. The van der Waals surface area contributed by atoms with E-state index in [0.717, 1.165) is 5.56 Å². The molecule has 1 aromatic carbocycles. The summed E-state index contributed by atoms with van der Waals surface area (Å²) in [5.74, 6) is -1.75. The first-order valence-electron chi connectivity index (χ1n) is 5.48. The van der Waals surface area contributed by atoms with E-state index in [1.165, 1.54) is 12.1 Å². The molecule has 0 bridgehead atoms. The lowest BCUT2D eigenvalue weighted by Gasteiger charge is -2.11. The van der Waals surface area contributed by atoms with Crippen LogP contribution in [0.4, 0.5) is 4.39 Å². The smallest absolute Gasteiger partial charge is 0.303 e. The minimum atomic E-state index is -0.989. The number of nitrogens with one attached hydrogen (secondary N) is 1. The molecular formula is C12H15FN2O3. The number of benzene rings is 1. The topological polar surface area (TPSA) is 92.4 Å². The molecule has 98 valence electrons. The Morgan fingerprint density at radius 1 is 1.33 bits per heavy atom. The fourth-order valence-corrected chi connectivity index (χ4v) is 1.33. The number of nitrogens with two attached hydrogens (primary N) is 1. The van der Waals surface area contributed by atoms with Crippen molar-refractivity contribution in [1.82, 2.24) is 5.32 Å². The first kappa shape index (κ1) is 14.1. The Morgan fingerprint density at radius 3 is 2.50 bits per heavy atom. The van der Waals surface area contributed by atoms with E-state index in [4.69, 9.17) is 10.8 Å². The van der Waals surface area contributed by atoms with Gasteiger partial charge >= 0.3 is 5.97 Å². The molecular weight excluding hydrogens is 239 g/mol. The maximum atomic E-state index is 12.6. The monoisotopic (exact) mass is 254 g/mol. The molecule has 1 rings (SSSR count). The summed E-state index contributed by atoms with van der Waals surface area (Å²) in [7, 11) is 0. The lowest BCUT2D eigenvalue weighted by atomic mass is 10.1. The number of hydrogen-bond donors (Lipinski definition) is 3. The van der Waals surface area contributed by atoms with Crippen molar-refractivity contribution < 1.29 is 19.1 Å². The second-order valence-electron chi connectivity index (χ2n) is 3.88. The van der Waals surface area contributed by atoms with E-state index >= 15 is 0 Å². The van der Waals surface area contributed by atoms with Crippen molar-refractivity contribution in [3.05, 3.63) is 35.6 Å². The SMILES string of the molecule is NC(CCC(=O)O)C(=O)NCc1ccc(F)cc1. The summed E-state index contributed by atoms with van der Waals surface area (Å²) in [4.78, 5) is 21.8. The first-order valence-corrected chi connectivity index (χ1v) is 5.48. The molecule has 6 heteroatoms. The minimum Gasteiger partial charge on any atom is -0.481 e. The van der Waals surface area contributed by atoms with E-state index in [0.29, 0.717) is 0 Å². The number of carbonyl (C=O) groups is 2. The zero-order valence-electron chi connectivity index (χ0n) is 9.73. The van der Waals surface area contributed by atoms with Crippen molar-refractivity contribution in [1.29, 1.82) is 0 Å². The maximum absolute atomic E-state index is 12.6. The second kappa shape index (κ2) is 6.70. The zero-order chi connectivity index (χ0) is 13.5. The van der Waals surface area contributed by atoms with Crippen LogP contribution in [0.5, 0.6) is 0 Å². The summed E-state index contributed by atoms with van der Waals surface area (Å²) >= 11 is 0. The van der Waals surface area contributed by atoms with Crippen molar-refractivity contribution in [2.24, 2.45) is 5.73 Å². The average Bonchev–Trinajstić information content (AvgIpc) is 2.34. The van der Waals surface area contributed by atoms with Gasteiger partial charge in [-0.15, -0.1) is 0 Å². The highest BCUT2D eigenvalue weighted by atomic mass is 19.1. The van der Waals surface area contributed by atoms with Crippen molar-refractivity contribution in [3.63, 3.8) is 0 Å². The standard InChI is InChI=1S/C12H15FN2O3/c13-9-3-1-8(2-4-9)7-15-12(18)10(14)5-6-11(16)17/h1-4,10H,5-7,14H2,(H,15,18)(H,16,17). The van der Waals surface area contributed by atoms with Crippen molar-refractivity contribution in [2.75, 3.05) is 0 Å². The molecule has 0 aliphatic heterocycles. The molecule has 0 fully saturated rings. The van der Waals surface area contributed by atoms with Crippen LogP contribution in [0.1, 0.15) is 18.4 Å². The quantitative estimate of drug-likeness (QED) is 0.694. The fraction of sp³-hybridized carbons (Fsp3) is 0.333. The molecule has 0 radical (unpaired) electrons. The summed E-state index contributed by atoms with van der Waals surface area (Å²) in [6.07, 6.45) is -0.0598. The van der Waals surface area contributed by atoms with Crippen LogP contribution in [-0.4, -0.2) is 23.0 Å². The number of carboxylic acid groups (broad SMARTS) is 1. The van der Waals surface area contributed by atoms with Gasteiger partial charge in [0, 0.05) is 13.0 Å². The predicted molar refractivity (Wildman–Crippen MR) is 63.1 cm³/mol.